The smallest absolute Gasteiger partial charge is 0.485 e. The molecule has 0 radical (unpaired) electrons. The standard InChI is InChI=1S/2C5H5N.C2HF3O2.CHF3O3S/c2*1-2-4-6-5-3-1;3-2(4,5)1(6)7;2-1(3,4)8(5,6)7/h2*1-5H;(H,6,7);(H,5,6,7). The predicted molar refractivity (Wildman–Crippen MR) is 72.8 cm³/mol. The molecule has 2 rings (SSSR count). The number of carbonyl (C=O) groups is 1. The van der Waals surface area contributed by atoms with Crippen molar-refractivity contribution in [1.29, 1.82) is 0 Å². The number of carbonyl (C=O) groups excluding carboxylic acids is 1. The summed E-state index contributed by atoms with van der Waals surface area (Å²) in [6.07, 6.45) is 2.31. The molecule has 0 aliphatic rings. The van der Waals surface area contributed by atoms with E-state index in [4.69, 9.17) is 22.9 Å². The van der Waals surface area contributed by atoms with E-state index in [0.29, 0.717) is 0 Å². The van der Waals surface area contributed by atoms with Gasteiger partial charge in [-0.05, 0) is 0 Å². The quantitative estimate of drug-likeness (QED) is 0.344. The van der Waals surface area contributed by atoms with Gasteiger partial charge in [0.15, 0.2) is 34.9 Å². The molecular weight excluding hydrogens is 410 g/mol. The molecule has 0 amide bonds. The van der Waals surface area contributed by atoms with Crippen molar-refractivity contribution in [2.75, 3.05) is 0 Å². The molecule has 14 heteroatoms. The highest BCUT2D eigenvalue weighted by atomic mass is 32.2. The number of rotatable bonds is 0. The minimum atomic E-state index is -6.09. The second-order valence-corrected chi connectivity index (χ2v) is 5.21. The van der Waals surface area contributed by atoms with Gasteiger partial charge in [0.1, 0.15) is 5.97 Å². The van der Waals surface area contributed by atoms with Gasteiger partial charge in [-0.1, -0.05) is 12.1 Å². The number of aromatic amines is 2. The molecule has 0 aromatic carbocycles. The van der Waals surface area contributed by atoms with Crippen LogP contribution in [0.4, 0.5) is 26.3 Å². The lowest BCUT2D eigenvalue weighted by atomic mass is 10.5. The predicted octanol–water partition coefficient (Wildman–Crippen LogP) is 0.351. The summed E-state index contributed by atoms with van der Waals surface area (Å²) in [6.45, 7) is 0. The van der Waals surface area contributed by atoms with Gasteiger partial charge in [0.25, 0.3) is 0 Å². The van der Waals surface area contributed by atoms with E-state index in [1.54, 1.807) is 0 Å². The summed E-state index contributed by atoms with van der Waals surface area (Å²) >= 11 is 0. The van der Waals surface area contributed by atoms with Crippen LogP contribution in [0.1, 0.15) is 0 Å². The van der Waals surface area contributed by atoms with E-state index in [9.17, 15) is 26.3 Å². The fraction of sp³-hybridized carbons (Fsp3) is 0.154. The molecule has 152 valence electrons. The molecule has 2 aromatic heterocycles. The minimum Gasteiger partial charge on any atom is -0.741 e. The highest BCUT2D eigenvalue weighted by Crippen LogP contribution is 2.20. The lowest BCUT2D eigenvalue weighted by molar-refractivity contribution is -0.378. The molecule has 7 nitrogen and oxygen atoms in total. The molecule has 2 heterocycles. The normalized spacial score (nSPS) is 10.6. The van der Waals surface area contributed by atoms with Gasteiger partial charge in [-0.3, -0.25) is 0 Å². The van der Waals surface area contributed by atoms with E-state index in [1.165, 1.54) is 0 Å². The molecule has 0 atom stereocenters. The summed E-state index contributed by atoms with van der Waals surface area (Å²) in [5, 5.41) is 8.78. The summed E-state index contributed by atoms with van der Waals surface area (Å²) in [5.74, 6) is -3.01. The first-order valence-electron chi connectivity index (χ1n) is 6.32. The van der Waals surface area contributed by atoms with Gasteiger partial charge >= 0.3 is 11.7 Å². The first-order valence-corrected chi connectivity index (χ1v) is 7.73. The third kappa shape index (κ3) is 17.9. The molecular formula is C13H12F6N2O5S. The molecule has 0 saturated heterocycles. The molecule has 27 heavy (non-hydrogen) atoms. The van der Waals surface area contributed by atoms with Crippen molar-refractivity contribution in [3.63, 3.8) is 0 Å². The zero-order valence-electron chi connectivity index (χ0n) is 13.0. The van der Waals surface area contributed by atoms with Crippen molar-refractivity contribution in [2.24, 2.45) is 0 Å². The van der Waals surface area contributed by atoms with Crippen LogP contribution in [0.2, 0.25) is 0 Å². The Morgan fingerprint density at radius 2 is 0.963 bits per heavy atom. The van der Waals surface area contributed by atoms with Crippen LogP contribution in [0.5, 0.6) is 0 Å². The Morgan fingerprint density at radius 1 is 0.741 bits per heavy atom. The van der Waals surface area contributed by atoms with Gasteiger partial charge in [0.05, 0.1) is 0 Å². The zero-order chi connectivity index (χ0) is 21.6. The number of carboxylic acid groups (broad SMARTS) is 1. The first kappa shape index (κ1) is 26.5. The first-order chi connectivity index (χ1) is 12.2. The molecule has 0 aliphatic carbocycles. The Balaban J connectivity index is 0. The molecule has 0 unspecified atom stereocenters. The second kappa shape index (κ2) is 12.6. The maximum absolute atomic E-state index is 10.7. The topological polar surface area (TPSA) is 126 Å². The Kier molecular flexibility index (Phi) is 12.3. The third-order valence-electron chi connectivity index (χ3n) is 1.73. The van der Waals surface area contributed by atoms with Crippen LogP contribution >= 0.6 is 0 Å². The zero-order valence-corrected chi connectivity index (χ0v) is 13.8. The van der Waals surface area contributed by atoms with Crippen LogP contribution in [0, 0.1) is 0 Å². The summed E-state index contributed by atoms with van der Waals surface area (Å²) in [5.41, 5.74) is -5.65. The second-order valence-electron chi connectivity index (χ2n) is 3.84. The van der Waals surface area contributed by atoms with Gasteiger partial charge in [0, 0.05) is 24.3 Å². The number of aliphatic carboxylic acids is 1. The maximum Gasteiger partial charge on any atom is 0.485 e. The molecule has 0 bridgehead atoms. The van der Waals surface area contributed by atoms with Crippen LogP contribution in [0.15, 0.2) is 61.2 Å². The van der Waals surface area contributed by atoms with Crippen LogP contribution in [-0.4, -0.2) is 30.6 Å². The summed E-state index contributed by atoms with van der Waals surface area (Å²) in [6, 6.07) is 11.7. The van der Waals surface area contributed by atoms with Crippen molar-refractivity contribution in [3.8, 4) is 0 Å². The van der Waals surface area contributed by atoms with Crippen LogP contribution in [0.3, 0.4) is 0 Å². The van der Waals surface area contributed by atoms with Crippen LogP contribution in [-0.2, 0) is 14.9 Å². The summed E-state index contributed by atoms with van der Waals surface area (Å²) in [7, 11) is -6.09. The van der Waals surface area contributed by atoms with E-state index in [1.807, 2.05) is 61.2 Å². The van der Waals surface area contributed by atoms with Gasteiger partial charge in [-0.2, -0.15) is 26.3 Å². The van der Waals surface area contributed by atoms with Gasteiger partial charge in [0.2, 0.25) is 0 Å². The Labute approximate surface area is 149 Å². The van der Waals surface area contributed by atoms with Gasteiger partial charge in [-0.15, -0.1) is 0 Å². The molecule has 2 aromatic rings. The summed E-state index contributed by atoms with van der Waals surface area (Å²) in [4.78, 5) is 14.6. The highest BCUT2D eigenvalue weighted by Gasteiger charge is 2.36. The highest BCUT2D eigenvalue weighted by molar-refractivity contribution is 7.86. The lowest BCUT2D eigenvalue weighted by Crippen LogP contribution is -2.37. The average Bonchev–Trinajstić information content (AvgIpc) is 2.57. The van der Waals surface area contributed by atoms with Crippen LogP contribution in [0.25, 0.3) is 0 Å². The molecule has 2 N–H and O–H groups in total. The van der Waals surface area contributed by atoms with Crippen molar-refractivity contribution < 1.29 is 59.2 Å². The Hall–Kier alpha value is -2.74. The molecule has 0 fully saturated rings. The fourth-order valence-corrected chi connectivity index (χ4v) is 0.684. The number of halogens is 6. The monoisotopic (exact) mass is 422 g/mol. The van der Waals surface area contributed by atoms with Crippen molar-refractivity contribution in [1.82, 2.24) is 0 Å². The SMILES string of the molecule is O=C([O-])C(F)(F)F.O=S(=O)([O-])C(F)(F)F.c1cc[nH+]cc1.c1cc[nH+]cc1. The number of pyridine rings is 2. The van der Waals surface area contributed by atoms with Crippen molar-refractivity contribution in [3.05, 3.63) is 61.2 Å². The summed E-state index contributed by atoms with van der Waals surface area (Å²) < 4.78 is 90.5. The number of carboxylic acids is 1. The Bertz CT molecular complexity index is 639. The number of hydrogen-bond donors (Lipinski definition) is 0. The number of alkyl halides is 6. The van der Waals surface area contributed by atoms with E-state index in [2.05, 4.69) is 9.97 Å². The number of hydrogen-bond acceptors (Lipinski definition) is 5. The number of nitrogens with one attached hydrogen (secondary N) is 2. The molecule has 0 spiro atoms. The maximum atomic E-state index is 10.7. The Morgan fingerprint density at radius 3 is 1.00 bits per heavy atom. The number of H-pyrrole nitrogens is 2. The van der Waals surface area contributed by atoms with E-state index >= 15 is 0 Å². The molecule has 0 aliphatic heterocycles. The van der Waals surface area contributed by atoms with E-state index in [-0.39, 0.29) is 0 Å². The molecule has 0 saturated carbocycles. The van der Waals surface area contributed by atoms with E-state index in [0.717, 1.165) is 0 Å². The van der Waals surface area contributed by atoms with Crippen molar-refractivity contribution in [2.45, 2.75) is 11.7 Å². The minimum absolute atomic E-state index is 1.88. The average molecular weight is 422 g/mol. The third-order valence-corrected chi connectivity index (χ3v) is 2.30. The lowest BCUT2D eigenvalue weighted by Gasteiger charge is -2.08. The van der Waals surface area contributed by atoms with Crippen molar-refractivity contribution >= 4 is 16.1 Å². The largest absolute Gasteiger partial charge is 0.741 e. The van der Waals surface area contributed by atoms with Gasteiger partial charge < -0.3 is 14.5 Å². The number of aromatic nitrogens is 2. The van der Waals surface area contributed by atoms with E-state index < -0.39 is 27.8 Å². The fourth-order valence-electron chi connectivity index (χ4n) is 0.684. The van der Waals surface area contributed by atoms with Crippen LogP contribution < -0.4 is 15.1 Å². The van der Waals surface area contributed by atoms with Gasteiger partial charge in [-0.25, -0.2) is 18.4 Å².